The molecule has 0 aliphatic carbocycles. The number of hydrogen-bond acceptors (Lipinski definition) is 3. The topological polar surface area (TPSA) is 55.8 Å². The first-order chi connectivity index (χ1) is 8.43. The van der Waals surface area contributed by atoms with Gasteiger partial charge in [-0.15, -0.1) is 0 Å². The van der Waals surface area contributed by atoms with Gasteiger partial charge in [-0.1, -0.05) is 13.0 Å². The SMILES string of the molecule is COc1cc(CC(C)C(=O)O)ccc1OC(C)C. The molecule has 0 saturated heterocycles. The number of rotatable bonds is 6. The highest BCUT2D eigenvalue weighted by molar-refractivity contribution is 5.70. The predicted molar refractivity (Wildman–Crippen MR) is 69.3 cm³/mol. The maximum Gasteiger partial charge on any atom is 0.306 e. The molecule has 1 aromatic rings. The number of carboxylic acid groups (broad SMARTS) is 1. The standard InChI is InChI=1S/C14H20O4/c1-9(2)18-12-6-5-11(8-13(12)17-4)7-10(3)14(15)16/h5-6,8-10H,7H2,1-4H3,(H,15,16). The van der Waals surface area contributed by atoms with Crippen molar-refractivity contribution < 1.29 is 19.4 Å². The van der Waals surface area contributed by atoms with Crippen LogP contribution in [0.3, 0.4) is 0 Å². The van der Waals surface area contributed by atoms with Crippen molar-refractivity contribution in [3.8, 4) is 11.5 Å². The van der Waals surface area contributed by atoms with Crippen LogP contribution in [0.1, 0.15) is 26.3 Å². The molecule has 0 aliphatic rings. The van der Waals surface area contributed by atoms with E-state index in [1.807, 2.05) is 32.0 Å². The van der Waals surface area contributed by atoms with Crippen molar-refractivity contribution in [1.29, 1.82) is 0 Å². The van der Waals surface area contributed by atoms with Crippen molar-refractivity contribution in [2.75, 3.05) is 7.11 Å². The van der Waals surface area contributed by atoms with Crippen LogP contribution >= 0.6 is 0 Å². The third-order valence-corrected chi connectivity index (χ3v) is 2.55. The second-order valence-electron chi connectivity index (χ2n) is 4.60. The first kappa shape index (κ1) is 14.4. The fourth-order valence-corrected chi connectivity index (χ4v) is 1.63. The molecule has 0 saturated carbocycles. The summed E-state index contributed by atoms with van der Waals surface area (Å²) in [4.78, 5) is 10.8. The maximum absolute atomic E-state index is 10.8. The first-order valence-corrected chi connectivity index (χ1v) is 6.00. The van der Waals surface area contributed by atoms with Gasteiger partial charge in [0.25, 0.3) is 0 Å². The van der Waals surface area contributed by atoms with Gasteiger partial charge in [-0.05, 0) is 38.0 Å². The largest absolute Gasteiger partial charge is 0.493 e. The molecule has 0 radical (unpaired) electrons. The Labute approximate surface area is 108 Å². The van der Waals surface area contributed by atoms with E-state index in [9.17, 15) is 4.79 Å². The molecular formula is C14H20O4. The first-order valence-electron chi connectivity index (χ1n) is 6.00. The zero-order valence-electron chi connectivity index (χ0n) is 11.3. The second kappa shape index (κ2) is 6.28. The van der Waals surface area contributed by atoms with E-state index in [2.05, 4.69) is 0 Å². The van der Waals surface area contributed by atoms with Crippen LogP contribution < -0.4 is 9.47 Å². The van der Waals surface area contributed by atoms with Gasteiger partial charge in [0, 0.05) is 0 Å². The molecular weight excluding hydrogens is 232 g/mol. The maximum atomic E-state index is 10.8. The molecule has 0 aliphatic heterocycles. The van der Waals surface area contributed by atoms with E-state index < -0.39 is 11.9 Å². The molecule has 0 bridgehead atoms. The molecule has 0 spiro atoms. The van der Waals surface area contributed by atoms with Crippen LogP contribution in [-0.4, -0.2) is 24.3 Å². The monoisotopic (exact) mass is 252 g/mol. The summed E-state index contributed by atoms with van der Waals surface area (Å²) in [7, 11) is 1.58. The van der Waals surface area contributed by atoms with Crippen molar-refractivity contribution >= 4 is 5.97 Å². The van der Waals surface area contributed by atoms with Gasteiger partial charge in [-0.2, -0.15) is 0 Å². The Morgan fingerprint density at radius 1 is 1.28 bits per heavy atom. The third-order valence-electron chi connectivity index (χ3n) is 2.55. The van der Waals surface area contributed by atoms with Crippen molar-refractivity contribution in [3.05, 3.63) is 23.8 Å². The lowest BCUT2D eigenvalue weighted by Gasteiger charge is -2.15. The van der Waals surface area contributed by atoms with Crippen LogP contribution in [0.2, 0.25) is 0 Å². The fourth-order valence-electron chi connectivity index (χ4n) is 1.63. The lowest BCUT2D eigenvalue weighted by atomic mass is 10.0. The zero-order valence-corrected chi connectivity index (χ0v) is 11.3. The molecule has 100 valence electrons. The van der Waals surface area contributed by atoms with Gasteiger partial charge in [0.05, 0.1) is 19.1 Å². The van der Waals surface area contributed by atoms with Crippen molar-refractivity contribution in [2.24, 2.45) is 5.92 Å². The van der Waals surface area contributed by atoms with Gasteiger partial charge in [0.1, 0.15) is 0 Å². The highest BCUT2D eigenvalue weighted by Gasteiger charge is 2.14. The molecule has 0 amide bonds. The minimum atomic E-state index is -0.795. The van der Waals surface area contributed by atoms with E-state index in [4.69, 9.17) is 14.6 Å². The highest BCUT2D eigenvalue weighted by Crippen LogP contribution is 2.29. The Bertz CT molecular complexity index is 412. The normalized spacial score (nSPS) is 12.3. The zero-order chi connectivity index (χ0) is 13.7. The summed E-state index contributed by atoms with van der Waals surface area (Å²) in [6.07, 6.45) is 0.552. The van der Waals surface area contributed by atoms with Crippen LogP contribution in [0.4, 0.5) is 0 Å². The summed E-state index contributed by atoms with van der Waals surface area (Å²) < 4.78 is 10.9. The van der Waals surface area contributed by atoms with Gasteiger partial charge in [-0.25, -0.2) is 0 Å². The van der Waals surface area contributed by atoms with Crippen LogP contribution in [0, 0.1) is 5.92 Å². The second-order valence-corrected chi connectivity index (χ2v) is 4.60. The van der Waals surface area contributed by atoms with Crippen LogP contribution in [0.15, 0.2) is 18.2 Å². The van der Waals surface area contributed by atoms with Gasteiger partial charge < -0.3 is 14.6 Å². The summed E-state index contributed by atoms with van der Waals surface area (Å²) in [6, 6.07) is 5.53. The summed E-state index contributed by atoms with van der Waals surface area (Å²) in [5, 5.41) is 8.89. The van der Waals surface area contributed by atoms with E-state index in [1.165, 1.54) is 0 Å². The predicted octanol–water partition coefficient (Wildman–Crippen LogP) is 2.75. The molecule has 4 nitrogen and oxygen atoms in total. The third kappa shape index (κ3) is 3.95. The summed E-state index contributed by atoms with van der Waals surface area (Å²) >= 11 is 0. The van der Waals surface area contributed by atoms with E-state index >= 15 is 0 Å². The molecule has 0 fully saturated rings. The summed E-state index contributed by atoms with van der Waals surface area (Å²) in [5.41, 5.74) is 0.929. The van der Waals surface area contributed by atoms with Crippen molar-refractivity contribution in [3.63, 3.8) is 0 Å². The lowest BCUT2D eigenvalue weighted by molar-refractivity contribution is -0.141. The smallest absolute Gasteiger partial charge is 0.306 e. The van der Waals surface area contributed by atoms with Gasteiger partial charge in [0.15, 0.2) is 11.5 Å². The van der Waals surface area contributed by atoms with Crippen LogP contribution in [0.5, 0.6) is 11.5 Å². The van der Waals surface area contributed by atoms with Crippen molar-refractivity contribution in [1.82, 2.24) is 0 Å². The minimum Gasteiger partial charge on any atom is -0.493 e. The van der Waals surface area contributed by atoms with E-state index in [1.54, 1.807) is 14.0 Å². The average Bonchev–Trinajstić information content (AvgIpc) is 2.30. The molecule has 1 aromatic carbocycles. The Kier molecular flexibility index (Phi) is 5.01. The Balaban J connectivity index is 2.87. The number of carboxylic acids is 1. The van der Waals surface area contributed by atoms with E-state index in [0.717, 1.165) is 5.56 Å². The van der Waals surface area contributed by atoms with E-state index in [-0.39, 0.29) is 6.10 Å². The number of methoxy groups -OCH3 is 1. The van der Waals surface area contributed by atoms with E-state index in [0.29, 0.717) is 17.9 Å². The molecule has 1 atom stereocenters. The number of hydrogen-bond donors (Lipinski definition) is 1. The Hall–Kier alpha value is -1.71. The molecule has 1 unspecified atom stereocenters. The van der Waals surface area contributed by atoms with Gasteiger partial charge in [0.2, 0.25) is 0 Å². The average molecular weight is 252 g/mol. The number of carbonyl (C=O) groups is 1. The highest BCUT2D eigenvalue weighted by atomic mass is 16.5. The number of aliphatic carboxylic acids is 1. The summed E-state index contributed by atoms with van der Waals surface area (Å²) in [6.45, 7) is 5.58. The molecule has 0 aromatic heterocycles. The fraction of sp³-hybridized carbons (Fsp3) is 0.500. The molecule has 1 rings (SSSR count). The van der Waals surface area contributed by atoms with Crippen molar-refractivity contribution in [2.45, 2.75) is 33.3 Å². The van der Waals surface area contributed by atoms with Gasteiger partial charge in [-0.3, -0.25) is 4.79 Å². The summed E-state index contributed by atoms with van der Waals surface area (Å²) in [5.74, 6) is 0.112. The number of benzene rings is 1. The quantitative estimate of drug-likeness (QED) is 0.845. The van der Waals surface area contributed by atoms with Crippen LogP contribution in [-0.2, 0) is 11.2 Å². The van der Waals surface area contributed by atoms with Gasteiger partial charge >= 0.3 is 5.97 Å². The molecule has 4 heteroatoms. The lowest BCUT2D eigenvalue weighted by Crippen LogP contribution is -2.12. The minimum absolute atomic E-state index is 0.0719. The molecule has 1 N–H and O–H groups in total. The van der Waals surface area contributed by atoms with Crippen LogP contribution in [0.25, 0.3) is 0 Å². The number of ether oxygens (including phenoxy) is 2. The Morgan fingerprint density at radius 3 is 2.44 bits per heavy atom. The molecule has 0 heterocycles. The Morgan fingerprint density at radius 2 is 1.94 bits per heavy atom. The molecule has 18 heavy (non-hydrogen) atoms.